The van der Waals surface area contributed by atoms with Gasteiger partial charge in [0.25, 0.3) is 5.91 Å². The Morgan fingerprint density at radius 1 is 1.50 bits per heavy atom. The van der Waals surface area contributed by atoms with E-state index in [-0.39, 0.29) is 17.3 Å². The van der Waals surface area contributed by atoms with Crippen LogP contribution in [0.25, 0.3) is 10.2 Å². The zero-order valence-corrected chi connectivity index (χ0v) is 14.5. The molecule has 1 saturated heterocycles. The highest BCUT2D eigenvalue weighted by Gasteiger charge is 2.24. The molecule has 128 valence electrons. The minimum Gasteiger partial charge on any atom is -0.368 e. The number of benzene rings is 1. The monoisotopic (exact) mass is 367 g/mol. The molecule has 1 amide bonds. The van der Waals surface area contributed by atoms with Gasteiger partial charge in [0, 0.05) is 13.2 Å². The summed E-state index contributed by atoms with van der Waals surface area (Å²) in [6.07, 6.45) is 2.61. The predicted molar refractivity (Wildman–Crippen MR) is 92.6 cm³/mol. The molecule has 2 N–H and O–H groups in total. The van der Waals surface area contributed by atoms with Crippen LogP contribution in [0.2, 0.25) is 0 Å². The van der Waals surface area contributed by atoms with E-state index in [4.69, 9.17) is 4.74 Å². The number of amides is 1. The van der Waals surface area contributed by atoms with Crippen LogP contribution in [0.1, 0.15) is 12.8 Å². The van der Waals surface area contributed by atoms with E-state index in [0.29, 0.717) is 28.4 Å². The van der Waals surface area contributed by atoms with Crippen LogP contribution in [0.15, 0.2) is 35.7 Å². The van der Waals surface area contributed by atoms with Crippen LogP contribution in [0, 0.1) is 0 Å². The number of fused-ring (bicyclic) bond motifs is 1. The van der Waals surface area contributed by atoms with Crippen LogP contribution in [-0.4, -0.2) is 38.6 Å². The molecule has 2 aromatic rings. The lowest BCUT2D eigenvalue weighted by Crippen LogP contribution is -2.26. The van der Waals surface area contributed by atoms with E-state index >= 15 is 0 Å². The molecule has 1 fully saturated rings. The SMILES string of the molecule is C=CCNS(=O)(=O)c1ccc2nc(NC(=O)[C@H]3CCCO3)sc2c1. The van der Waals surface area contributed by atoms with Crippen molar-refractivity contribution in [1.82, 2.24) is 9.71 Å². The number of ether oxygens (including phenoxy) is 1. The number of anilines is 1. The fraction of sp³-hybridized carbons (Fsp3) is 0.333. The molecule has 0 unspecified atom stereocenters. The fourth-order valence-corrected chi connectivity index (χ4v) is 4.35. The predicted octanol–water partition coefficient (Wildman–Crippen LogP) is 1.88. The second-order valence-electron chi connectivity index (χ2n) is 5.28. The minimum absolute atomic E-state index is 0.150. The molecule has 0 bridgehead atoms. The third-order valence-electron chi connectivity index (χ3n) is 3.54. The van der Waals surface area contributed by atoms with Crippen molar-refractivity contribution in [1.29, 1.82) is 0 Å². The van der Waals surface area contributed by atoms with Crippen LogP contribution in [0.3, 0.4) is 0 Å². The summed E-state index contributed by atoms with van der Waals surface area (Å²) in [7, 11) is -3.59. The van der Waals surface area contributed by atoms with E-state index in [1.165, 1.54) is 23.5 Å². The number of aromatic nitrogens is 1. The third kappa shape index (κ3) is 3.64. The van der Waals surface area contributed by atoms with E-state index < -0.39 is 16.1 Å². The first kappa shape index (κ1) is 17.0. The van der Waals surface area contributed by atoms with E-state index in [0.717, 1.165) is 6.42 Å². The molecule has 0 spiro atoms. The Balaban J connectivity index is 1.81. The van der Waals surface area contributed by atoms with E-state index in [9.17, 15) is 13.2 Å². The zero-order valence-electron chi connectivity index (χ0n) is 12.8. The Morgan fingerprint density at radius 3 is 3.04 bits per heavy atom. The number of nitrogens with one attached hydrogen (secondary N) is 2. The summed E-state index contributed by atoms with van der Waals surface area (Å²) in [5.41, 5.74) is 0.630. The molecule has 0 aliphatic carbocycles. The largest absolute Gasteiger partial charge is 0.368 e. The Morgan fingerprint density at radius 2 is 2.33 bits per heavy atom. The Labute approximate surface area is 143 Å². The molecular formula is C15H17N3O4S2. The summed E-state index contributed by atoms with van der Waals surface area (Å²) in [6, 6.07) is 4.65. The first-order chi connectivity index (χ1) is 11.5. The number of sulfonamides is 1. The van der Waals surface area contributed by atoms with Crippen molar-refractivity contribution >= 4 is 42.6 Å². The van der Waals surface area contributed by atoms with Crippen LogP contribution in [-0.2, 0) is 19.6 Å². The summed E-state index contributed by atoms with van der Waals surface area (Å²) < 4.78 is 32.7. The van der Waals surface area contributed by atoms with Gasteiger partial charge in [-0.15, -0.1) is 6.58 Å². The Kier molecular flexibility index (Phi) is 4.95. The summed E-state index contributed by atoms with van der Waals surface area (Å²) >= 11 is 1.23. The highest BCUT2D eigenvalue weighted by molar-refractivity contribution is 7.89. The number of carbonyl (C=O) groups is 1. The maximum atomic E-state index is 12.1. The highest BCUT2D eigenvalue weighted by Crippen LogP contribution is 2.28. The van der Waals surface area contributed by atoms with Crippen molar-refractivity contribution in [2.24, 2.45) is 0 Å². The first-order valence-corrected chi connectivity index (χ1v) is 9.73. The van der Waals surface area contributed by atoms with Gasteiger partial charge in [0.2, 0.25) is 10.0 Å². The summed E-state index contributed by atoms with van der Waals surface area (Å²) in [4.78, 5) is 16.5. The summed E-state index contributed by atoms with van der Waals surface area (Å²) in [5, 5.41) is 3.16. The van der Waals surface area contributed by atoms with Gasteiger partial charge in [0.1, 0.15) is 6.10 Å². The fourth-order valence-electron chi connectivity index (χ4n) is 2.35. The number of carbonyl (C=O) groups excluding carboxylic acids is 1. The number of thiazole rings is 1. The topological polar surface area (TPSA) is 97.4 Å². The van der Waals surface area contributed by atoms with Gasteiger partial charge in [-0.25, -0.2) is 18.1 Å². The summed E-state index contributed by atoms with van der Waals surface area (Å²) in [6.45, 7) is 4.24. The van der Waals surface area contributed by atoms with Gasteiger partial charge in [-0.2, -0.15) is 0 Å². The molecule has 1 aromatic heterocycles. The second kappa shape index (κ2) is 6.98. The zero-order chi connectivity index (χ0) is 17.2. The minimum atomic E-state index is -3.59. The number of hydrogen-bond acceptors (Lipinski definition) is 6. The maximum Gasteiger partial charge on any atom is 0.255 e. The van der Waals surface area contributed by atoms with E-state index in [2.05, 4.69) is 21.6 Å². The van der Waals surface area contributed by atoms with Crippen LogP contribution >= 0.6 is 11.3 Å². The van der Waals surface area contributed by atoms with E-state index in [1.807, 2.05) is 0 Å². The Bertz CT molecular complexity index is 870. The van der Waals surface area contributed by atoms with Gasteiger partial charge >= 0.3 is 0 Å². The van der Waals surface area contributed by atoms with E-state index in [1.54, 1.807) is 12.1 Å². The number of rotatable bonds is 6. The lowest BCUT2D eigenvalue weighted by atomic mass is 10.2. The van der Waals surface area contributed by atoms with Gasteiger partial charge in [0.15, 0.2) is 5.13 Å². The van der Waals surface area contributed by atoms with Crippen LogP contribution < -0.4 is 10.0 Å². The molecule has 1 aliphatic heterocycles. The van der Waals surface area contributed by atoms with Gasteiger partial charge in [-0.1, -0.05) is 17.4 Å². The van der Waals surface area contributed by atoms with Crippen molar-refractivity contribution in [3.63, 3.8) is 0 Å². The second-order valence-corrected chi connectivity index (χ2v) is 8.08. The lowest BCUT2D eigenvalue weighted by molar-refractivity contribution is -0.124. The van der Waals surface area contributed by atoms with Crippen molar-refractivity contribution in [3.05, 3.63) is 30.9 Å². The molecule has 0 saturated carbocycles. The molecule has 3 rings (SSSR count). The molecule has 0 radical (unpaired) electrons. The molecule has 2 heterocycles. The first-order valence-electron chi connectivity index (χ1n) is 7.43. The molecule has 7 nitrogen and oxygen atoms in total. The van der Waals surface area contributed by atoms with Gasteiger partial charge < -0.3 is 4.74 Å². The van der Waals surface area contributed by atoms with Gasteiger partial charge in [-0.3, -0.25) is 10.1 Å². The van der Waals surface area contributed by atoms with Crippen LogP contribution in [0.4, 0.5) is 5.13 Å². The number of hydrogen-bond donors (Lipinski definition) is 2. The molecule has 1 aliphatic rings. The molecular weight excluding hydrogens is 350 g/mol. The molecule has 9 heteroatoms. The lowest BCUT2D eigenvalue weighted by Gasteiger charge is -2.07. The summed E-state index contributed by atoms with van der Waals surface area (Å²) in [5.74, 6) is -0.216. The van der Waals surface area contributed by atoms with Crippen LogP contribution in [0.5, 0.6) is 0 Å². The quantitative estimate of drug-likeness (QED) is 0.760. The Hall–Kier alpha value is -1.81. The average Bonchev–Trinajstić information content (AvgIpc) is 3.21. The van der Waals surface area contributed by atoms with Gasteiger partial charge in [0.05, 0.1) is 15.1 Å². The normalized spacial score (nSPS) is 17.9. The standard InChI is InChI=1S/C15H17N3O4S2/c1-2-7-16-24(20,21)10-5-6-11-13(9-10)23-15(17-11)18-14(19)12-4-3-8-22-12/h2,5-6,9,12,16H,1,3-4,7-8H2,(H,17,18,19)/t12-/m1/s1. The maximum absolute atomic E-state index is 12.1. The number of nitrogens with zero attached hydrogens (tertiary/aromatic N) is 1. The van der Waals surface area contributed by atoms with Crippen molar-refractivity contribution in [2.45, 2.75) is 23.8 Å². The van der Waals surface area contributed by atoms with Crippen molar-refractivity contribution < 1.29 is 17.9 Å². The molecule has 1 atom stereocenters. The highest BCUT2D eigenvalue weighted by atomic mass is 32.2. The average molecular weight is 367 g/mol. The van der Waals surface area contributed by atoms with Crippen molar-refractivity contribution in [2.75, 3.05) is 18.5 Å². The van der Waals surface area contributed by atoms with Gasteiger partial charge in [-0.05, 0) is 31.0 Å². The smallest absolute Gasteiger partial charge is 0.255 e. The van der Waals surface area contributed by atoms with Crippen molar-refractivity contribution in [3.8, 4) is 0 Å². The third-order valence-corrected chi connectivity index (χ3v) is 5.89. The molecule has 1 aromatic carbocycles. The molecule has 24 heavy (non-hydrogen) atoms.